The molecule has 0 saturated carbocycles. The van der Waals surface area contributed by atoms with E-state index in [4.69, 9.17) is 16.3 Å². The normalized spacial score (nSPS) is 24.3. The number of benzene rings is 1. The zero-order chi connectivity index (χ0) is 19.9. The van der Waals surface area contributed by atoms with Crippen molar-refractivity contribution in [2.24, 2.45) is 0 Å². The maximum atomic E-state index is 15.4. The van der Waals surface area contributed by atoms with Crippen LogP contribution < -0.4 is 10.6 Å². The highest BCUT2D eigenvalue weighted by Crippen LogP contribution is 2.48. The summed E-state index contributed by atoms with van der Waals surface area (Å²) in [5.74, 6) is -4.10. The molecule has 0 radical (unpaired) electrons. The molecule has 1 aromatic carbocycles. The molecule has 1 atom stereocenters. The van der Waals surface area contributed by atoms with Crippen LogP contribution in [0.25, 0.3) is 0 Å². The zero-order valence-electron chi connectivity index (χ0n) is 15.2. The smallest absolute Gasteiger partial charge is 0.297 e. The molecule has 27 heavy (non-hydrogen) atoms. The highest BCUT2D eigenvalue weighted by atomic mass is 35.5. The van der Waals surface area contributed by atoms with E-state index in [0.29, 0.717) is 16.5 Å². The number of pyridine rings is 1. The number of rotatable bonds is 3. The Hall–Kier alpha value is -1.83. The highest BCUT2D eigenvalue weighted by Gasteiger charge is 2.63. The van der Waals surface area contributed by atoms with Crippen LogP contribution in [0.15, 0.2) is 36.5 Å². The monoisotopic (exact) mass is 399 g/mol. The van der Waals surface area contributed by atoms with Gasteiger partial charge in [0.1, 0.15) is 22.1 Å². The van der Waals surface area contributed by atoms with Crippen molar-refractivity contribution in [3.8, 4) is 0 Å². The number of anilines is 2. The molecule has 0 bridgehead atoms. The van der Waals surface area contributed by atoms with Gasteiger partial charge in [0.25, 0.3) is 5.92 Å². The lowest BCUT2D eigenvalue weighted by Crippen LogP contribution is -2.61. The number of hydrogen-bond acceptors (Lipinski definition) is 4. The Morgan fingerprint density at radius 3 is 2.52 bits per heavy atom. The number of halogens is 4. The van der Waals surface area contributed by atoms with Gasteiger partial charge in [-0.1, -0.05) is 11.6 Å². The molecule has 1 aromatic heterocycles. The fourth-order valence-electron chi connectivity index (χ4n) is 3.28. The molecule has 2 heterocycles. The van der Waals surface area contributed by atoms with Crippen molar-refractivity contribution in [2.45, 2.75) is 37.8 Å². The van der Waals surface area contributed by atoms with Gasteiger partial charge in [-0.3, -0.25) is 0 Å². The maximum absolute atomic E-state index is 15.4. The van der Waals surface area contributed by atoms with Gasteiger partial charge in [-0.2, -0.15) is 0 Å². The average Bonchev–Trinajstić information content (AvgIpc) is 2.69. The molecule has 1 fully saturated rings. The first-order chi connectivity index (χ1) is 12.6. The van der Waals surface area contributed by atoms with E-state index in [1.165, 1.54) is 45.2 Å². The third-order valence-corrected chi connectivity index (χ3v) is 5.17. The van der Waals surface area contributed by atoms with Gasteiger partial charge < -0.3 is 15.4 Å². The lowest BCUT2D eigenvalue weighted by Gasteiger charge is -2.44. The van der Waals surface area contributed by atoms with Crippen molar-refractivity contribution < 1.29 is 17.9 Å². The van der Waals surface area contributed by atoms with Crippen molar-refractivity contribution in [3.05, 3.63) is 53.1 Å². The third kappa shape index (κ3) is 3.51. The van der Waals surface area contributed by atoms with E-state index in [1.807, 2.05) is 0 Å². The lowest BCUT2D eigenvalue weighted by atomic mass is 9.77. The molecule has 2 aromatic rings. The molecule has 8 heteroatoms. The van der Waals surface area contributed by atoms with E-state index in [2.05, 4.69) is 15.6 Å². The predicted octanol–water partition coefficient (Wildman–Crippen LogP) is 4.87. The first-order valence-corrected chi connectivity index (χ1v) is 8.90. The number of aromatic nitrogens is 1. The summed E-state index contributed by atoms with van der Waals surface area (Å²) in [6.07, 6.45) is 1.50. The highest BCUT2D eigenvalue weighted by molar-refractivity contribution is 6.29. The lowest BCUT2D eigenvalue weighted by molar-refractivity contribution is -0.216. The molecule has 1 aliphatic heterocycles. The molecule has 0 amide bonds. The second-order valence-corrected chi connectivity index (χ2v) is 7.56. The Kier molecular flexibility index (Phi) is 5.14. The van der Waals surface area contributed by atoms with Gasteiger partial charge >= 0.3 is 0 Å². The van der Waals surface area contributed by atoms with Crippen LogP contribution in [-0.2, 0) is 10.3 Å². The van der Waals surface area contributed by atoms with E-state index >= 15 is 8.78 Å². The summed E-state index contributed by atoms with van der Waals surface area (Å²) in [7, 11) is 0. The van der Waals surface area contributed by atoms with Crippen LogP contribution >= 0.6 is 11.6 Å². The Bertz CT molecular complexity index is 829. The molecule has 0 unspecified atom stereocenters. The summed E-state index contributed by atoms with van der Waals surface area (Å²) in [5, 5.41) is 6.14. The fraction of sp³-hybridized carbons (Fsp3) is 0.421. The van der Waals surface area contributed by atoms with Gasteiger partial charge in [0, 0.05) is 17.8 Å². The summed E-state index contributed by atoms with van der Waals surface area (Å²) in [6.45, 7) is 4.21. The van der Waals surface area contributed by atoms with Gasteiger partial charge in [-0.15, -0.1) is 0 Å². The number of hydrogen-bond donors (Lipinski definition) is 2. The predicted molar refractivity (Wildman–Crippen MR) is 99.3 cm³/mol. The summed E-state index contributed by atoms with van der Waals surface area (Å²) >= 11 is 5.76. The van der Waals surface area contributed by atoms with Gasteiger partial charge in [0.2, 0.25) is 0 Å². The van der Waals surface area contributed by atoms with Crippen molar-refractivity contribution in [2.75, 3.05) is 18.5 Å². The van der Waals surface area contributed by atoms with Crippen LogP contribution in [0.4, 0.5) is 24.5 Å². The van der Waals surface area contributed by atoms with Crippen molar-refractivity contribution in [1.29, 1.82) is 0 Å². The first kappa shape index (κ1) is 19.9. The Morgan fingerprint density at radius 1 is 1.15 bits per heavy atom. The minimum Gasteiger partial charge on any atom is -0.368 e. The van der Waals surface area contributed by atoms with E-state index in [9.17, 15) is 4.39 Å². The number of ether oxygens (including phenoxy) is 1. The SMILES string of the molecule is CC1(C)OCCN[C@](C)(c2cc(Nc3ccc(Cl)nc3)ccc2F)C1(F)F. The van der Waals surface area contributed by atoms with E-state index in [-0.39, 0.29) is 18.7 Å². The Balaban J connectivity index is 2.03. The molecule has 4 nitrogen and oxygen atoms in total. The Labute approximate surface area is 161 Å². The van der Waals surface area contributed by atoms with Crippen LogP contribution in [0.2, 0.25) is 5.15 Å². The minimum absolute atomic E-state index is 0.105. The first-order valence-electron chi connectivity index (χ1n) is 8.52. The standard InChI is InChI=1S/C19H21ClF3N3O/c1-17(2)19(22,23)18(3,25-8-9-27-17)14-10-12(4-6-15(14)21)26-13-5-7-16(20)24-11-13/h4-7,10-11,25-26H,8-9H2,1-3H3/t18-/m1/s1. The molecular formula is C19H21ClF3N3O. The summed E-state index contributed by atoms with van der Waals surface area (Å²) in [5.41, 5.74) is -2.80. The second-order valence-electron chi connectivity index (χ2n) is 7.17. The largest absolute Gasteiger partial charge is 0.368 e. The van der Waals surface area contributed by atoms with E-state index < -0.39 is 22.9 Å². The van der Waals surface area contributed by atoms with Crippen LogP contribution in [0.1, 0.15) is 26.3 Å². The molecule has 3 rings (SSSR count). The van der Waals surface area contributed by atoms with E-state index in [1.54, 1.807) is 12.1 Å². The van der Waals surface area contributed by atoms with Crippen molar-refractivity contribution in [1.82, 2.24) is 10.3 Å². The zero-order valence-corrected chi connectivity index (χ0v) is 16.0. The average molecular weight is 400 g/mol. The number of nitrogens with one attached hydrogen (secondary N) is 2. The molecule has 0 spiro atoms. The van der Waals surface area contributed by atoms with Crippen molar-refractivity contribution >= 4 is 23.0 Å². The molecule has 0 aliphatic carbocycles. The molecule has 2 N–H and O–H groups in total. The Morgan fingerprint density at radius 2 is 1.85 bits per heavy atom. The van der Waals surface area contributed by atoms with Gasteiger partial charge in [0.05, 0.1) is 18.5 Å². The number of nitrogens with zero attached hydrogens (tertiary/aromatic N) is 1. The molecular weight excluding hydrogens is 379 g/mol. The van der Waals surface area contributed by atoms with Gasteiger partial charge in [-0.25, -0.2) is 18.2 Å². The topological polar surface area (TPSA) is 46.2 Å². The fourth-order valence-corrected chi connectivity index (χ4v) is 3.39. The van der Waals surface area contributed by atoms with Gasteiger partial charge in [0.15, 0.2) is 0 Å². The molecule has 1 aliphatic rings. The second kappa shape index (κ2) is 6.96. The van der Waals surface area contributed by atoms with Gasteiger partial charge in [-0.05, 0) is 51.1 Å². The molecule has 1 saturated heterocycles. The van der Waals surface area contributed by atoms with Crippen LogP contribution in [0, 0.1) is 5.82 Å². The summed E-state index contributed by atoms with van der Waals surface area (Å²) in [6, 6.07) is 7.31. The maximum Gasteiger partial charge on any atom is 0.297 e. The third-order valence-electron chi connectivity index (χ3n) is 4.95. The quantitative estimate of drug-likeness (QED) is 0.723. The molecule has 146 valence electrons. The van der Waals surface area contributed by atoms with Crippen LogP contribution in [0.5, 0.6) is 0 Å². The number of alkyl halides is 2. The summed E-state index contributed by atoms with van der Waals surface area (Å²) in [4.78, 5) is 3.95. The van der Waals surface area contributed by atoms with Crippen LogP contribution in [0.3, 0.4) is 0 Å². The van der Waals surface area contributed by atoms with Crippen molar-refractivity contribution in [3.63, 3.8) is 0 Å². The minimum atomic E-state index is -3.38. The van der Waals surface area contributed by atoms with Crippen LogP contribution in [-0.4, -0.2) is 29.7 Å². The summed E-state index contributed by atoms with van der Waals surface area (Å²) < 4.78 is 50.7. The van der Waals surface area contributed by atoms with E-state index in [0.717, 1.165) is 0 Å².